The first-order valence-electron chi connectivity index (χ1n) is 4.30. The zero-order valence-electron chi connectivity index (χ0n) is 7.76. The lowest BCUT2D eigenvalue weighted by atomic mass is 10.3. The Morgan fingerprint density at radius 2 is 2.33 bits per heavy atom. The first-order chi connectivity index (χ1) is 7.29. The molecule has 0 atom stereocenters. The van der Waals surface area contributed by atoms with Crippen LogP contribution >= 0.6 is 0 Å². The Morgan fingerprint density at radius 3 is 3.07 bits per heavy atom. The SMILES string of the molecule is N#Cc1nccn1Cc1cncc(F)c1. The van der Waals surface area contributed by atoms with E-state index in [2.05, 4.69) is 9.97 Å². The van der Waals surface area contributed by atoms with Crippen LogP contribution in [0.2, 0.25) is 0 Å². The van der Waals surface area contributed by atoms with Gasteiger partial charge in [-0.15, -0.1) is 0 Å². The number of rotatable bonds is 2. The summed E-state index contributed by atoms with van der Waals surface area (Å²) in [5.41, 5.74) is 0.699. The highest BCUT2D eigenvalue weighted by Gasteiger charge is 2.02. The van der Waals surface area contributed by atoms with E-state index in [-0.39, 0.29) is 5.82 Å². The average Bonchev–Trinajstić information content (AvgIpc) is 2.65. The number of halogens is 1. The van der Waals surface area contributed by atoms with Crippen molar-refractivity contribution in [2.24, 2.45) is 0 Å². The summed E-state index contributed by atoms with van der Waals surface area (Å²) in [5.74, 6) is -0.0783. The van der Waals surface area contributed by atoms with Crippen molar-refractivity contribution in [3.05, 3.63) is 48.1 Å². The van der Waals surface area contributed by atoms with E-state index in [4.69, 9.17) is 5.26 Å². The van der Waals surface area contributed by atoms with Crippen LogP contribution in [0.15, 0.2) is 30.9 Å². The monoisotopic (exact) mass is 202 g/mol. The van der Waals surface area contributed by atoms with Crippen molar-refractivity contribution in [3.63, 3.8) is 0 Å². The molecule has 5 heteroatoms. The van der Waals surface area contributed by atoms with Gasteiger partial charge < -0.3 is 4.57 Å². The number of pyridine rings is 1. The third-order valence-corrected chi connectivity index (χ3v) is 1.93. The molecule has 0 aliphatic rings. The molecule has 0 bridgehead atoms. The normalized spacial score (nSPS) is 9.87. The van der Waals surface area contributed by atoms with Crippen LogP contribution < -0.4 is 0 Å². The van der Waals surface area contributed by atoms with Crippen LogP contribution in [0.3, 0.4) is 0 Å². The molecular weight excluding hydrogens is 195 g/mol. The molecule has 74 valence electrons. The molecule has 2 aromatic heterocycles. The Kier molecular flexibility index (Phi) is 2.42. The summed E-state index contributed by atoms with van der Waals surface area (Å²) in [5, 5.41) is 8.72. The van der Waals surface area contributed by atoms with Gasteiger partial charge in [-0.3, -0.25) is 4.98 Å². The van der Waals surface area contributed by atoms with Gasteiger partial charge >= 0.3 is 0 Å². The highest BCUT2D eigenvalue weighted by Crippen LogP contribution is 2.05. The predicted octanol–water partition coefficient (Wildman–Crippen LogP) is 1.34. The van der Waals surface area contributed by atoms with Crippen LogP contribution in [-0.2, 0) is 6.54 Å². The molecule has 0 aliphatic carbocycles. The number of nitriles is 1. The van der Waals surface area contributed by atoms with Gasteiger partial charge in [0.05, 0.1) is 12.7 Å². The third kappa shape index (κ3) is 1.99. The molecular formula is C10H7FN4. The van der Waals surface area contributed by atoms with Crippen molar-refractivity contribution in [1.82, 2.24) is 14.5 Å². The first kappa shape index (κ1) is 9.34. The van der Waals surface area contributed by atoms with Crippen molar-refractivity contribution in [2.45, 2.75) is 6.54 Å². The van der Waals surface area contributed by atoms with Crippen LogP contribution in [0.25, 0.3) is 0 Å². The maximum absolute atomic E-state index is 12.8. The topological polar surface area (TPSA) is 54.5 Å². The Morgan fingerprint density at radius 1 is 1.47 bits per heavy atom. The van der Waals surface area contributed by atoms with Crippen LogP contribution in [-0.4, -0.2) is 14.5 Å². The highest BCUT2D eigenvalue weighted by molar-refractivity contribution is 5.16. The van der Waals surface area contributed by atoms with Crippen LogP contribution in [0.5, 0.6) is 0 Å². The fraction of sp³-hybridized carbons (Fsp3) is 0.100. The molecule has 0 unspecified atom stereocenters. The van der Waals surface area contributed by atoms with Crippen LogP contribution in [0, 0.1) is 17.1 Å². The minimum atomic E-state index is -0.383. The number of nitrogens with zero attached hydrogens (tertiary/aromatic N) is 4. The van der Waals surface area contributed by atoms with Gasteiger partial charge in [-0.1, -0.05) is 0 Å². The van der Waals surface area contributed by atoms with Gasteiger partial charge in [-0.25, -0.2) is 9.37 Å². The Hall–Kier alpha value is -2.22. The van der Waals surface area contributed by atoms with E-state index in [1.165, 1.54) is 12.3 Å². The molecule has 15 heavy (non-hydrogen) atoms. The van der Waals surface area contributed by atoms with E-state index in [1.807, 2.05) is 6.07 Å². The second kappa shape index (κ2) is 3.88. The fourth-order valence-corrected chi connectivity index (χ4v) is 1.29. The van der Waals surface area contributed by atoms with Crippen molar-refractivity contribution in [2.75, 3.05) is 0 Å². The minimum absolute atomic E-state index is 0.305. The van der Waals surface area contributed by atoms with E-state index in [9.17, 15) is 4.39 Å². The first-order valence-corrected chi connectivity index (χ1v) is 4.30. The van der Waals surface area contributed by atoms with Gasteiger partial charge in [-0.05, 0) is 11.6 Å². The summed E-state index contributed by atoms with van der Waals surface area (Å²) in [6.45, 7) is 0.396. The molecule has 2 rings (SSSR count). The van der Waals surface area contributed by atoms with E-state index in [1.54, 1.807) is 17.0 Å². The quantitative estimate of drug-likeness (QED) is 0.738. The van der Waals surface area contributed by atoms with Gasteiger partial charge in [0.15, 0.2) is 0 Å². The zero-order chi connectivity index (χ0) is 10.7. The Balaban J connectivity index is 2.26. The molecule has 2 aromatic rings. The second-order valence-electron chi connectivity index (χ2n) is 3.00. The van der Waals surface area contributed by atoms with E-state index < -0.39 is 0 Å². The third-order valence-electron chi connectivity index (χ3n) is 1.93. The largest absolute Gasteiger partial charge is 0.318 e. The van der Waals surface area contributed by atoms with Crippen molar-refractivity contribution < 1.29 is 4.39 Å². The molecule has 2 heterocycles. The standard InChI is InChI=1S/C10H7FN4/c11-9-3-8(5-13-6-9)7-15-2-1-14-10(15)4-12/h1-3,5-6H,7H2. The lowest BCUT2D eigenvalue weighted by Crippen LogP contribution is -2.02. The number of hydrogen-bond acceptors (Lipinski definition) is 3. The minimum Gasteiger partial charge on any atom is -0.318 e. The predicted molar refractivity (Wildman–Crippen MR) is 50.2 cm³/mol. The lowest BCUT2D eigenvalue weighted by Gasteiger charge is -2.02. The van der Waals surface area contributed by atoms with Crippen molar-refractivity contribution >= 4 is 0 Å². The smallest absolute Gasteiger partial charge is 0.213 e. The summed E-state index contributed by atoms with van der Waals surface area (Å²) in [7, 11) is 0. The Labute approximate surface area is 85.6 Å². The van der Waals surface area contributed by atoms with E-state index >= 15 is 0 Å². The molecule has 0 radical (unpaired) electrons. The molecule has 0 aromatic carbocycles. The molecule has 0 saturated heterocycles. The van der Waals surface area contributed by atoms with Gasteiger partial charge in [-0.2, -0.15) is 5.26 Å². The zero-order valence-corrected chi connectivity index (χ0v) is 7.76. The van der Waals surface area contributed by atoms with Crippen molar-refractivity contribution in [3.8, 4) is 6.07 Å². The van der Waals surface area contributed by atoms with Crippen LogP contribution in [0.4, 0.5) is 4.39 Å². The summed E-state index contributed by atoms with van der Waals surface area (Å²) in [4.78, 5) is 7.57. The van der Waals surface area contributed by atoms with Gasteiger partial charge in [0.25, 0.3) is 0 Å². The maximum Gasteiger partial charge on any atom is 0.213 e. The summed E-state index contributed by atoms with van der Waals surface area (Å²) in [6, 6.07) is 3.33. The average molecular weight is 202 g/mol. The van der Waals surface area contributed by atoms with Crippen molar-refractivity contribution in [1.29, 1.82) is 5.26 Å². The number of aromatic nitrogens is 3. The summed E-state index contributed by atoms with van der Waals surface area (Å²) < 4.78 is 14.5. The van der Waals surface area contributed by atoms with Gasteiger partial charge in [0, 0.05) is 18.6 Å². The molecule has 0 saturated carbocycles. The number of imidazole rings is 1. The number of hydrogen-bond donors (Lipinski definition) is 0. The summed E-state index contributed by atoms with van der Waals surface area (Å²) >= 11 is 0. The lowest BCUT2D eigenvalue weighted by molar-refractivity contribution is 0.616. The molecule has 0 amide bonds. The molecule has 0 N–H and O–H groups in total. The summed E-state index contributed by atoms with van der Waals surface area (Å²) in [6.07, 6.45) is 5.90. The van der Waals surface area contributed by atoms with Gasteiger partial charge in [0.1, 0.15) is 11.9 Å². The second-order valence-corrected chi connectivity index (χ2v) is 3.00. The molecule has 0 spiro atoms. The van der Waals surface area contributed by atoms with Gasteiger partial charge in [0.2, 0.25) is 5.82 Å². The molecule has 0 aliphatic heterocycles. The molecule has 4 nitrogen and oxygen atoms in total. The Bertz CT molecular complexity index is 512. The molecule has 0 fully saturated rings. The highest BCUT2D eigenvalue weighted by atomic mass is 19.1. The van der Waals surface area contributed by atoms with E-state index in [0.717, 1.165) is 6.20 Å². The fourth-order valence-electron chi connectivity index (χ4n) is 1.29. The maximum atomic E-state index is 12.8. The van der Waals surface area contributed by atoms with Crippen LogP contribution in [0.1, 0.15) is 11.4 Å². The van der Waals surface area contributed by atoms with E-state index in [0.29, 0.717) is 17.9 Å².